The minimum Gasteiger partial charge on any atom is -0.478 e. The van der Waals surface area contributed by atoms with Crippen LogP contribution >= 0.6 is 10.3 Å². The van der Waals surface area contributed by atoms with E-state index < -0.39 is 21.2 Å². The summed E-state index contributed by atoms with van der Waals surface area (Å²) in [5.41, 5.74) is 0.423. The molecule has 0 spiro atoms. The molecule has 0 amide bonds. The predicted molar refractivity (Wildman–Crippen MR) is 59.6 cm³/mol. The number of benzene rings is 1. The van der Waals surface area contributed by atoms with Gasteiger partial charge in [-0.3, -0.25) is 0 Å². The quantitative estimate of drug-likeness (QED) is 0.638. The summed E-state index contributed by atoms with van der Waals surface area (Å²) in [6, 6.07) is 4.44. The zero-order valence-corrected chi connectivity index (χ0v) is 9.30. The molecule has 0 aliphatic carbocycles. The highest BCUT2D eigenvalue weighted by atomic mass is 32.4. The second-order valence-electron chi connectivity index (χ2n) is 3.44. The summed E-state index contributed by atoms with van der Waals surface area (Å²) in [5, 5.41) is 8.34. The molecule has 0 heterocycles. The van der Waals surface area contributed by atoms with Crippen LogP contribution in [-0.2, 0) is 4.79 Å². The number of thiol groups is 1. The normalized spacial score (nSPS) is 14.6. The van der Waals surface area contributed by atoms with E-state index in [-0.39, 0.29) is 0 Å². The Balaban J connectivity index is 2.97. The SMILES string of the molecule is C[SH](F)(F)(F)c1ccc(C=CC(=O)O)cc1. The maximum absolute atomic E-state index is 12.9. The molecule has 0 aliphatic heterocycles. The first-order valence-electron chi connectivity index (χ1n) is 4.34. The zero-order valence-electron chi connectivity index (χ0n) is 8.40. The van der Waals surface area contributed by atoms with Crippen LogP contribution in [0.15, 0.2) is 35.2 Å². The van der Waals surface area contributed by atoms with Gasteiger partial charge in [-0.1, -0.05) is 12.1 Å². The maximum atomic E-state index is 12.9. The summed E-state index contributed by atoms with van der Waals surface area (Å²) in [6.45, 7) is 0. The minimum atomic E-state index is -6.20. The number of hydrogen-bond acceptors (Lipinski definition) is 1. The van der Waals surface area contributed by atoms with Crippen molar-refractivity contribution in [3.8, 4) is 0 Å². The molecule has 0 saturated carbocycles. The number of hydrogen-bond donors (Lipinski definition) is 2. The Morgan fingerprint density at radius 1 is 1.25 bits per heavy atom. The predicted octanol–water partition coefficient (Wildman–Crippen LogP) is 3.50. The Labute approximate surface area is 91.6 Å². The van der Waals surface area contributed by atoms with Crippen LogP contribution in [0.5, 0.6) is 0 Å². The first kappa shape index (κ1) is 12.6. The molecule has 0 radical (unpaired) electrons. The maximum Gasteiger partial charge on any atom is 0.328 e. The molecule has 2 nitrogen and oxygen atoms in total. The third-order valence-corrected chi connectivity index (χ3v) is 3.26. The van der Waals surface area contributed by atoms with E-state index in [1.54, 1.807) is 0 Å². The van der Waals surface area contributed by atoms with Gasteiger partial charge in [0.2, 0.25) is 0 Å². The van der Waals surface area contributed by atoms with Crippen molar-refractivity contribution in [2.45, 2.75) is 4.90 Å². The fourth-order valence-electron chi connectivity index (χ4n) is 1.07. The van der Waals surface area contributed by atoms with Crippen LogP contribution < -0.4 is 0 Å². The van der Waals surface area contributed by atoms with Crippen molar-refractivity contribution >= 4 is 22.4 Å². The van der Waals surface area contributed by atoms with Gasteiger partial charge in [-0.15, -0.1) is 0 Å². The first-order valence-corrected chi connectivity index (χ1v) is 6.69. The standard InChI is InChI=1S/C10H11F3O2S/c1-16(11,12,13)9-5-2-8(3-6-9)4-7-10(14)15/h2-7,16H,1H3,(H,14,15). The number of rotatable bonds is 3. The highest BCUT2D eigenvalue weighted by Crippen LogP contribution is 2.77. The lowest BCUT2D eigenvalue weighted by molar-refractivity contribution is -0.131. The Hall–Kier alpha value is -1.43. The summed E-state index contributed by atoms with van der Waals surface area (Å²) in [6.07, 6.45) is 2.42. The molecule has 1 N–H and O–H groups in total. The molecule has 16 heavy (non-hydrogen) atoms. The van der Waals surface area contributed by atoms with E-state index in [0.717, 1.165) is 18.2 Å². The Kier molecular flexibility index (Phi) is 3.05. The summed E-state index contributed by atoms with van der Waals surface area (Å²) in [7, 11) is -6.20. The van der Waals surface area contributed by atoms with Gasteiger partial charge in [0.15, 0.2) is 0 Å². The summed E-state index contributed by atoms with van der Waals surface area (Å²) >= 11 is 0. The van der Waals surface area contributed by atoms with Gasteiger partial charge < -0.3 is 5.11 Å². The van der Waals surface area contributed by atoms with Crippen molar-refractivity contribution in [1.82, 2.24) is 0 Å². The van der Waals surface area contributed by atoms with Gasteiger partial charge in [-0.05, 0) is 23.8 Å². The minimum absolute atomic E-state index is 0.299. The molecule has 0 fully saturated rings. The molecule has 0 aromatic heterocycles. The zero-order chi connectivity index (χ0) is 12.4. The van der Waals surface area contributed by atoms with Gasteiger partial charge in [0.25, 0.3) is 0 Å². The van der Waals surface area contributed by atoms with Gasteiger partial charge in [-0.25, -0.2) is 4.79 Å². The highest BCUT2D eigenvalue weighted by molar-refractivity contribution is 8.37. The largest absolute Gasteiger partial charge is 0.478 e. The number of carboxylic acid groups (broad SMARTS) is 1. The molecule has 6 heteroatoms. The van der Waals surface area contributed by atoms with E-state index >= 15 is 0 Å². The number of carbonyl (C=O) groups is 1. The summed E-state index contributed by atoms with van der Waals surface area (Å²) in [5.74, 6) is -1.14. The van der Waals surface area contributed by atoms with Gasteiger partial charge in [0.1, 0.15) is 0 Å². The monoisotopic (exact) mass is 252 g/mol. The molecule has 1 aromatic rings. The Morgan fingerprint density at radius 3 is 2.12 bits per heavy atom. The van der Waals surface area contributed by atoms with Crippen molar-refractivity contribution in [3.05, 3.63) is 35.9 Å². The van der Waals surface area contributed by atoms with Crippen LogP contribution in [0.1, 0.15) is 5.56 Å². The number of aliphatic carboxylic acids is 1. The van der Waals surface area contributed by atoms with E-state index in [0.29, 0.717) is 11.8 Å². The van der Waals surface area contributed by atoms with Crippen LogP contribution in [-0.4, -0.2) is 17.3 Å². The third-order valence-electron chi connectivity index (χ3n) is 1.86. The topological polar surface area (TPSA) is 37.3 Å². The number of carboxylic acids is 1. The second kappa shape index (κ2) is 3.86. The molecule has 0 saturated heterocycles. The average Bonchev–Trinajstić information content (AvgIpc) is 2.13. The lowest BCUT2D eigenvalue weighted by Gasteiger charge is -2.33. The van der Waals surface area contributed by atoms with Crippen LogP contribution in [0, 0.1) is 0 Å². The van der Waals surface area contributed by atoms with Crippen molar-refractivity contribution in [2.24, 2.45) is 0 Å². The lowest BCUT2D eigenvalue weighted by atomic mass is 10.2. The fourth-order valence-corrected chi connectivity index (χ4v) is 1.86. The molecular weight excluding hydrogens is 241 g/mol. The van der Waals surface area contributed by atoms with Gasteiger partial charge in [0.05, 0.1) is 10.3 Å². The average molecular weight is 252 g/mol. The van der Waals surface area contributed by atoms with E-state index in [1.165, 1.54) is 18.2 Å². The molecule has 1 aromatic carbocycles. The van der Waals surface area contributed by atoms with Crippen molar-refractivity contribution in [2.75, 3.05) is 6.26 Å². The molecule has 90 valence electrons. The van der Waals surface area contributed by atoms with E-state index in [4.69, 9.17) is 5.11 Å². The molecule has 0 atom stereocenters. The van der Waals surface area contributed by atoms with Gasteiger partial charge >= 0.3 is 5.97 Å². The van der Waals surface area contributed by atoms with Crippen LogP contribution in [0.4, 0.5) is 11.7 Å². The van der Waals surface area contributed by atoms with Gasteiger partial charge in [-0.2, -0.15) is 11.7 Å². The van der Waals surface area contributed by atoms with Gasteiger partial charge in [0, 0.05) is 17.2 Å². The van der Waals surface area contributed by atoms with Crippen LogP contribution in [0.25, 0.3) is 6.08 Å². The van der Waals surface area contributed by atoms with E-state index in [9.17, 15) is 16.5 Å². The molecule has 0 aliphatic rings. The smallest absolute Gasteiger partial charge is 0.328 e. The van der Waals surface area contributed by atoms with Crippen LogP contribution in [0.2, 0.25) is 0 Å². The van der Waals surface area contributed by atoms with Crippen molar-refractivity contribution < 1.29 is 21.6 Å². The highest BCUT2D eigenvalue weighted by Gasteiger charge is 2.33. The number of halogens is 3. The molecular formula is C10H11F3O2S. The summed E-state index contributed by atoms with van der Waals surface area (Å²) in [4.78, 5) is 9.55. The first-order chi connectivity index (χ1) is 7.15. The van der Waals surface area contributed by atoms with E-state index in [2.05, 4.69) is 0 Å². The Bertz CT molecular complexity index is 422. The molecule has 0 bridgehead atoms. The lowest BCUT2D eigenvalue weighted by Crippen LogP contribution is -1.95. The fraction of sp³-hybridized carbons (Fsp3) is 0.100. The van der Waals surface area contributed by atoms with Crippen molar-refractivity contribution in [1.29, 1.82) is 0 Å². The molecule has 0 unspecified atom stereocenters. The van der Waals surface area contributed by atoms with E-state index in [1.807, 2.05) is 0 Å². The second-order valence-corrected chi connectivity index (χ2v) is 6.31. The van der Waals surface area contributed by atoms with Crippen molar-refractivity contribution in [3.63, 3.8) is 0 Å². The Morgan fingerprint density at radius 2 is 1.75 bits per heavy atom. The molecule has 1 rings (SSSR count). The summed E-state index contributed by atoms with van der Waals surface area (Å²) < 4.78 is 38.8. The van der Waals surface area contributed by atoms with Crippen LogP contribution in [0.3, 0.4) is 0 Å². The third kappa shape index (κ3) is 3.62.